The molecule has 3 aromatic rings. The fourth-order valence-electron chi connectivity index (χ4n) is 2.86. The van der Waals surface area contributed by atoms with Crippen LogP contribution in [0.2, 0.25) is 0 Å². The molecule has 0 bridgehead atoms. The predicted molar refractivity (Wildman–Crippen MR) is 86.9 cm³/mol. The Balaban J connectivity index is 1.46. The second-order valence-electron chi connectivity index (χ2n) is 5.94. The van der Waals surface area contributed by atoms with Gasteiger partial charge < -0.3 is 9.88 Å². The number of amides is 1. The maximum atomic E-state index is 12.3. The van der Waals surface area contributed by atoms with Gasteiger partial charge >= 0.3 is 0 Å². The Bertz CT molecular complexity index is 817. The molecule has 23 heavy (non-hydrogen) atoms. The third kappa shape index (κ3) is 2.97. The van der Waals surface area contributed by atoms with Crippen LogP contribution in [-0.4, -0.2) is 31.8 Å². The first-order chi connectivity index (χ1) is 11.3. The summed E-state index contributed by atoms with van der Waals surface area (Å²) in [4.78, 5) is 17.0. The molecule has 0 unspecified atom stereocenters. The Kier molecular flexibility index (Phi) is 3.57. The van der Waals surface area contributed by atoms with Gasteiger partial charge in [0.05, 0.1) is 17.6 Å². The molecule has 1 amide bonds. The summed E-state index contributed by atoms with van der Waals surface area (Å²) in [7, 11) is 0. The van der Waals surface area contributed by atoms with Crippen LogP contribution in [0.5, 0.6) is 0 Å². The van der Waals surface area contributed by atoms with E-state index in [1.807, 2.05) is 41.2 Å². The van der Waals surface area contributed by atoms with Gasteiger partial charge in [-0.2, -0.15) is 5.10 Å². The van der Waals surface area contributed by atoms with Crippen LogP contribution in [0.4, 0.5) is 0 Å². The van der Waals surface area contributed by atoms with Gasteiger partial charge in [-0.1, -0.05) is 12.1 Å². The molecular formula is C17H19N5O. The number of hydrogen-bond donors (Lipinski definition) is 1. The van der Waals surface area contributed by atoms with Crippen molar-refractivity contribution in [2.75, 3.05) is 6.54 Å². The van der Waals surface area contributed by atoms with Crippen molar-refractivity contribution in [2.24, 2.45) is 0 Å². The van der Waals surface area contributed by atoms with Crippen molar-refractivity contribution in [1.82, 2.24) is 24.6 Å². The van der Waals surface area contributed by atoms with E-state index in [4.69, 9.17) is 4.98 Å². The van der Waals surface area contributed by atoms with E-state index in [0.717, 1.165) is 16.9 Å². The van der Waals surface area contributed by atoms with Gasteiger partial charge in [0.2, 0.25) is 5.91 Å². The fourth-order valence-corrected chi connectivity index (χ4v) is 2.86. The van der Waals surface area contributed by atoms with Crippen molar-refractivity contribution in [2.45, 2.75) is 31.8 Å². The SMILES string of the molecule is O=C(Cn1c(C2CC2)nc2ccccc21)NCCn1cccn1. The van der Waals surface area contributed by atoms with Crippen molar-refractivity contribution in [3.8, 4) is 0 Å². The number of aromatic nitrogens is 4. The van der Waals surface area contributed by atoms with Crippen LogP contribution in [0.1, 0.15) is 24.6 Å². The average molecular weight is 309 g/mol. The maximum Gasteiger partial charge on any atom is 0.240 e. The van der Waals surface area contributed by atoms with Crippen LogP contribution in [-0.2, 0) is 17.9 Å². The lowest BCUT2D eigenvalue weighted by Crippen LogP contribution is -2.31. The smallest absolute Gasteiger partial charge is 0.240 e. The number of carbonyl (C=O) groups is 1. The fraction of sp³-hybridized carbons (Fsp3) is 0.353. The normalized spacial score (nSPS) is 14.3. The van der Waals surface area contributed by atoms with Crippen molar-refractivity contribution >= 4 is 16.9 Å². The van der Waals surface area contributed by atoms with E-state index in [2.05, 4.69) is 15.0 Å². The first-order valence-electron chi connectivity index (χ1n) is 8.00. The maximum absolute atomic E-state index is 12.3. The first-order valence-corrected chi connectivity index (χ1v) is 8.00. The zero-order valence-corrected chi connectivity index (χ0v) is 12.9. The van der Waals surface area contributed by atoms with Crippen LogP contribution < -0.4 is 5.32 Å². The zero-order valence-electron chi connectivity index (χ0n) is 12.9. The molecule has 6 heteroatoms. The molecular weight excluding hydrogens is 290 g/mol. The summed E-state index contributed by atoms with van der Waals surface area (Å²) < 4.78 is 3.87. The summed E-state index contributed by atoms with van der Waals surface area (Å²) >= 11 is 0. The Morgan fingerprint density at radius 2 is 2.13 bits per heavy atom. The quantitative estimate of drug-likeness (QED) is 0.756. The van der Waals surface area contributed by atoms with E-state index in [1.54, 1.807) is 6.20 Å². The van der Waals surface area contributed by atoms with Gasteiger partial charge in [-0.25, -0.2) is 4.98 Å². The molecule has 0 atom stereocenters. The lowest BCUT2D eigenvalue weighted by Gasteiger charge is -2.09. The summed E-state index contributed by atoms with van der Waals surface area (Å²) in [5, 5.41) is 7.09. The number of imidazole rings is 1. The van der Waals surface area contributed by atoms with Gasteiger partial charge in [0, 0.05) is 24.9 Å². The van der Waals surface area contributed by atoms with Crippen molar-refractivity contribution in [1.29, 1.82) is 0 Å². The third-order valence-corrected chi connectivity index (χ3v) is 4.15. The lowest BCUT2D eigenvalue weighted by atomic mass is 10.3. The molecule has 6 nitrogen and oxygen atoms in total. The Morgan fingerprint density at radius 1 is 1.26 bits per heavy atom. The number of nitrogens with zero attached hydrogens (tertiary/aromatic N) is 4. The number of nitrogens with one attached hydrogen (secondary N) is 1. The van der Waals surface area contributed by atoms with Crippen molar-refractivity contribution in [3.63, 3.8) is 0 Å². The Hall–Kier alpha value is -2.63. The lowest BCUT2D eigenvalue weighted by molar-refractivity contribution is -0.121. The van der Waals surface area contributed by atoms with Gasteiger partial charge in [-0.15, -0.1) is 0 Å². The first kappa shape index (κ1) is 14.0. The van der Waals surface area contributed by atoms with Crippen LogP contribution in [0.25, 0.3) is 11.0 Å². The van der Waals surface area contributed by atoms with Gasteiger partial charge in [0.1, 0.15) is 12.4 Å². The molecule has 1 N–H and O–H groups in total. The van der Waals surface area contributed by atoms with E-state index >= 15 is 0 Å². The standard InChI is InChI=1S/C17H19N5O/c23-16(18-9-11-21-10-3-8-19-21)12-22-15-5-2-1-4-14(15)20-17(22)13-6-7-13/h1-5,8,10,13H,6-7,9,11-12H2,(H,18,23). The second-order valence-corrected chi connectivity index (χ2v) is 5.94. The Morgan fingerprint density at radius 3 is 2.91 bits per heavy atom. The zero-order chi connectivity index (χ0) is 15.6. The van der Waals surface area contributed by atoms with E-state index < -0.39 is 0 Å². The van der Waals surface area contributed by atoms with E-state index in [-0.39, 0.29) is 5.91 Å². The number of hydrogen-bond acceptors (Lipinski definition) is 3. The molecule has 0 spiro atoms. The number of rotatable bonds is 6. The molecule has 0 aliphatic heterocycles. The van der Waals surface area contributed by atoms with E-state index in [1.165, 1.54) is 12.8 Å². The van der Waals surface area contributed by atoms with Gasteiger partial charge in [0.15, 0.2) is 0 Å². The summed E-state index contributed by atoms with van der Waals surface area (Å²) in [5.74, 6) is 1.58. The molecule has 1 aromatic carbocycles. The minimum Gasteiger partial charge on any atom is -0.353 e. The highest BCUT2D eigenvalue weighted by Gasteiger charge is 2.30. The summed E-state index contributed by atoms with van der Waals surface area (Å²) in [5.41, 5.74) is 2.01. The summed E-state index contributed by atoms with van der Waals surface area (Å²) in [6.45, 7) is 1.58. The molecule has 1 fully saturated rings. The second kappa shape index (κ2) is 5.87. The number of carbonyl (C=O) groups excluding carboxylic acids is 1. The van der Waals surface area contributed by atoms with E-state index in [0.29, 0.717) is 25.6 Å². The number of para-hydroxylation sites is 2. The molecule has 2 heterocycles. The van der Waals surface area contributed by atoms with Crippen LogP contribution in [0.15, 0.2) is 42.7 Å². The minimum atomic E-state index is 0.0159. The molecule has 0 saturated heterocycles. The van der Waals surface area contributed by atoms with Gasteiger partial charge in [-0.3, -0.25) is 9.48 Å². The number of fused-ring (bicyclic) bond motifs is 1. The van der Waals surface area contributed by atoms with Crippen LogP contribution in [0, 0.1) is 0 Å². The third-order valence-electron chi connectivity index (χ3n) is 4.15. The highest BCUT2D eigenvalue weighted by molar-refractivity contribution is 5.81. The van der Waals surface area contributed by atoms with E-state index in [9.17, 15) is 4.79 Å². The molecule has 4 rings (SSSR count). The molecule has 0 radical (unpaired) electrons. The highest BCUT2D eigenvalue weighted by atomic mass is 16.1. The Labute approximate surface area is 134 Å². The predicted octanol–water partition coefficient (Wildman–Crippen LogP) is 1.93. The molecule has 1 aliphatic carbocycles. The van der Waals surface area contributed by atoms with Crippen molar-refractivity contribution in [3.05, 3.63) is 48.5 Å². The highest BCUT2D eigenvalue weighted by Crippen LogP contribution is 2.40. The molecule has 1 aliphatic rings. The minimum absolute atomic E-state index is 0.0159. The number of benzene rings is 1. The molecule has 118 valence electrons. The van der Waals surface area contributed by atoms with Crippen LogP contribution >= 0.6 is 0 Å². The average Bonchev–Trinajstić information content (AvgIpc) is 3.15. The van der Waals surface area contributed by atoms with Crippen LogP contribution in [0.3, 0.4) is 0 Å². The topological polar surface area (TPSA) is 64.7 Å². The van der Waals surface area contributed by atoms with Gasteiger partial charge in [-0.05, 0) is 31.0 Å². The van der Waals surface area contributed by atoms with Gasteiger partial charge in [0.25, 0.3) is 0 Å². The summed E-state index contributed by atoms with van der Waals surface area (Å²) in [6.07, 6.45) is 5.97. The molecule has 1 saturated carbocycles. The van der Waals surface area contributed by atoms with Crippen molar-refractivity contribution < 1.29 is 4.79 Å². The largest absolute Gasteiger partial charge is 0.353 e. The summed E-state index contributed by atoms with van der Waals surface area (Å²) in [6, 6.07) is 9.90. The molecule has 2 aromatic heterocycles. The monoisotopic (exact) mass is 309 g/mol.